The number of hydrogen-bond acceptors (Lipinski definition) is 5. The van der Waals surface area contributed by atoms with Crippen LogP contribution in [0.25, 0.3) is 0 Å². The lowest BCUT2D eigenvalue weighted by Gasteiger charge is -2.29. The molecule has 2 amide bonds. The molecule has 1 N–H and O–H groups in total. The largest absolute Gasteiger partial charge is 0.492 e. The van der Waals surface area contributed by atoms with Crippen molar-refractivity contribution in [2.45, 2.75) is 0 Å². The van der Waals surface area contributed by atoms with Gasteiger partial charge >= 0.3 is 0 Å². The maximum Gasteiger partial charge on any atom is 0.265 e. The highest BCUT2D eigenvalue weighted by Gasteiger charge is 2.25. The van der Waals surface area contributed by atoms with Gasteiger partial charge in [-0.25, -0.2) is 0 Å². The van der Waals surface area contributed by atoms with Crippen molar-refractivity contribution in [3.05, 3.63) is 78.9 Å². The Balaban J connectivity index is 1.35. The molecule has 0 aromatic heterocycles. The summed E-state index contributed by atoms with van der Waals surface area (Å²) in [6.07, 6.45) is 0. The van der Waals surface area contributed by atoms with Gasteiger partial charge in [-0.2, -0.15) is 0 Å². The van der Waals surface area contributed by atoms with Crippen molar-refractivity contribution in [2.75, 3.05) is 36.6 Å². The van der Waals surface area contributed by atoms with E-state index in [9.17, 15) is 9.59 Å². The van der Waals surface area contributed by atoms with E-state index in [-0.39, 0.29) is 25.0 Å². The lowest BCUT2D eigenvalue weighted by Crippen LogP contribution is -2.41. The van der Waals surface area contributed by atoms with Crippen LogP contribution in [0.2, 0.25) is 0 Å². The van der Waals surface area contributed by atoms with Crippen LogP contribution in [0.5, 0.6) is 17.2 Å². The first kappa shape index (κ1) is 20.3. The van der Waals surface area contributed by atoms with Crippen molar-refractivity contribution >= 4 is 23.2 Å². The summed E-state index contributed by atoms with van der Waals surface area (Å²) in [6, 6.07) is 23.7. The van der Waals surface area contributed by atoms with Gasteiger partial charge in [-0.1, -0.05) is 36.4 Å². The zero-order chi connectivity index (χ0) is 21.5. The molecule has 7 nitrogen and oxygen atoms in total. The highest BCUT2D eigenvalue weighted by Crippen LogP contribution is 2.34. The Hall–Kier alpha value is -4.00. The van der Waals surface area contributed by atoms with Crippen LogP contribution in [0.4, 0.5) is 11.4 Å². The molecule has 1 aliphatic heterocycles. The monoisotopic (exact) mass is 418 g/mol. The van der Waals surface area contributed by atoms with E-state index in [0.29, 0.717) is 36.0 Å². The number of benzene rings is 3. The van der Waals surface area contributed by atoms with E-state index in [0.717, 1.165) is 5.75 Å². The lowest BCUT2D eigenvalue weighted by molar-refractivity contribution is -0.121. The number of para-hydroxylation sites is 2. The van der Waals surface area contributed by atoms with E-state index in [2.05, 4.69) is 5.32 Å². The molecule has 158 valence electrons. The Morgan fingerprint density at radius 1 is 0.935 bits per heavy atom. The number of carbonyl (C=O) groups excluding carboxylic acids is 2. The molecular weight excluding hydrogens is 396 g/mol. The fourth-order valence-electron chi connectivity index (χ4n) is 3.16. The summed E-state index contributed by atoms with van der Waals surface area (Å²) in [4.78, 5) is 26.2. The van der Waals surface area contributed by atoms with Crippen LogP contribution in [-0.2, 0) is 9.59 Å². The topological polar surface area (TPSA) is 77.1 Å². The predicted octanol–water partition coefficient (Wildman–Crippen LogP) is 3.51. The number of nitrogens with one attached hydrogen (secondary N) is 1. The van der Waals surface area contributed by atoms with Crippen molar-refractivity contribution < 1.29 is 23.8 Å². The fraction of sp³-hybridized carbons (Fsp3) is 0.167. The molecule has 3 aromatic rings. The van der Waals surface area contributed by atoms with Crippen molar-refractivity contribution in [3.8, 4) is 17.2 Å². The van der Waals surface area contributed by atoms with E-state index in [1.807, 2.05) is 48.5 Å². The predicted molar refractivity (Wildman–Crippen MR) is 117 cm³/mol. The minimum Gasteiger partial charge on any atom is -0.492 e. The Labute approximate surface area is 180 Å². The van der Waals surface area contributed by atoms with Gasteiger partial charge in [-0.3, -0.25) is 9.59 Å². The van der Waals surface area contributed by atoms with E-state index >= 15 is 0 Å². The number of anilines is 2. The van der Waals surface area contributed by atoms with E-state index in [1.54, 1.807) is 35.2 Å². The molecule has 4 rings (SSSR count). The smallest absolute Gasteiger partial charge is 0.265 e. The summed E-state index contributed by atoms with van der Waals surface area (Å²) < 4.78 is 16.7. The van der Waals surface area contributed by atoms with Gasteiger partial charge in [0, 0.05) is 11.8 Å². The number of nitrogens with zero attached hydrogens (tertiary/aromatic N) is 1. The number of amides is 2. The van der Waals surface area contributed by atoms with Crippen molar-refractivity contribution in [3.63, 3.8) is 0 Å². The number of ether oxygens (including phenoxy) is 3. The minimum atomic E-state index is -0.288. The van der Waals surface area contributed by atoms with Crippen molar-refractivity contribution in [2.24, 2.45) is 0 Å². The molecule has 3 aromatic carbocycles. The van der Waals surface area contributed by atoms with Gasteiger partial charge in [0.2, 0.25) is 0 Å². The van der Waals surface area contributed by atoms with Gasteiger partial charge in [0.25, 0.3) is 11.8 Å². The zero-order valence-corrected chi connectivity index (χ0v) is 16.8. The third-order valence-electron chi connectivity index (χ3n) is 4.63. The standard InChI is InChI=1S/C24H22N2O5/c27-23(16-30-20-9-5-2-6-10-20)25-18-11-12-21-22(15-18)31-17-24(28)26(21)13-14-29-19-7-3-1-4-8-19/h1-12,15H,13-14,16-17H2,(H,25,27). The maximum absolute atomic E-state index is 12.3. The van der Waals surface area contributed by atoms with Gasteiger partial charge in [-0.15, -0.1) is 0 Å². The minimum absolute atomic E-state index is 0.0626. The zero-order valence-electron chi connectivity index (χ0n) is 16.8. The summed E-state index contributed by atoms with van der Waals surface area (Å²) in [5.74, 6) is 1.47. The summed E-state index contributed by atoms with van der Waals surface area (Å²) >= 11 is 0. The summed E-state index contributed by atoms with van der Waals surface area (Å²) in [6.45, 7) is 0.571. The van der Waals surface area contributed by atoms with Crippen LogP contribution in [0.3, 0.4) is 0 Å². The highest BCUT2D eigenvalue weighted by molar-refractivity contribution is 5.99. The molecule has 0 bridgehead atoms. The van der Waals surface area contributed by atoms with Gasteiger partial charge in [0.05, 0.1) is 12.2 Å². The molecular formula is C24H22N2O5. The highest BCUT2D eigenvalue weighted by atomic mass is 16.5. The second-order valence-electron chi connectivity index (χ2n) is 6.83. The molecule has 1 aliphatic rings. The molecule has 0 saturated heterocycles. The lowest BCUT2D eigenvalue weighted by atomic mass is 10.2. The van der Waals surface area contributed by atoms with Crippen LogP contribution in [-0.4, -0.2) is 38.2 Å². The van der Waals surface area contributed by atoms with Gasteiger partial charge in [0.15, 0.2) is 13.2 Å². The average molecular weight is 418 g/mol. The van der Waals surface area contributed by atoms with E-state index in [1.165, 1.54) is 0 Å². The molecule has 0 aliphatic carbocycles. The molecule has 0 radical (unpaired) electrons. The SMILES string of the molecule is O=C(COc1ccccc1)Nc1ccc2c(c1)OCC(=O)N2CCOc1ccccc1. The van der Waals surface area contributed by atoms with Gasteiger partial charge in [0.1, 0.15) is 23.9 Å². The van der Waals surface area contributed by atoms with Crippen LogP contribution in [0, 0.1) is 0 Å². The normalized spacial score (nSPS) is 12.5. The number of rotatable bonds is 8. The van der Waals surface area contributed by atoms with Crippen molar-refractivity contribution in [1.29, 1.82) is 0 Å². The van der Waals surface area contributed by atoms with E-state index < -0.39 is 0 Å². The Kier molecular flexibility index (Phi) is 6.32. The molecule has 0 atom stereocenters. The molecule has 0 unspecified atom stereocenters. The molecule has 1 heterocycles. The summed E-state index contributed by atoms with van der Waals surface area (Å²) in [5, 5.41) is 2.78. The first-order valence-electron chi connectivity index (χ1n) is 9.92. The number of carbonyl (C=O) groups is 2. The molecule has 7 heteroatoms. The summed E-state index contributed by atoms with van der Waals surface area (Å²) in [5.41, 5.74) is 1.21. The first-order chi connectivity index (χ1) is 15.2. The Morgan fingerprint density at radius 2 is 1.61 bits per heavy atom. The third-order valence-corrected chi connectivity index (χ3v) is 4.63. The van der Waals surface area contributed by atoms with Gasteiger partial charge < -0.3 is 24.4 Å². The van der Waals surface area contributed by atoms with Crippen LogP contribution < -0.4 is 24.4 Å². The van der Waals surface area contributed by atoms with Crippen LogP contribution in [0.1, 0.15) is 0 Å². The second-order valence-corrected chi connectivity index (χ2v) is 6.83. The average Bonchev–Trinajstić information content (AvgIpc) is 2.80. The molecule has 31 heavy (non-hydrogen) atoms. The summed E-state index contributed by atoms with van der Waals surface area (Å²) in [7, 11) is 0. The fourth-order valence-corrected chi connectivity index (χ4v) is 3.16. The maximum atomic E-state index is 12.3. The van der Waals surface area contributed by atoms with Crippen LogP contribution in [0.15, 0.2) is 78.9 Å². The third kappa shape index (κ3) is 5.33. The second kappa shape index (κ2) is 9.67. The van der Waals surface area contributed by atoms with Crippen molar-refractivity contribution in [1.82, 2.24) is 0 Å². The Bertz CT molecular complexity index is 1040. The Morgan fingerprint density at radius 3 is 2.32 bits per heavy atom. The quantitative estimate of drug-likeness (QED) is 0.606. The molecule has 0 fully saturated rings. The number of fused-ring (bicyclic) bond motifs is 1. The van der Waals surface area contributed by atoms with Gasteiger partial charge in [-0.05, 0) is 36.4 Å². The van der Waals surface area contributed by atoms with E-state index in [4.69, 9.17) is 14.2 Å². The van der Waals surface area contributed by atoms with Crippen LogP contribution >= 0.6 is 0 Å². The number of hydrogen-bond donors (Lipinski definition) is 1. The molecule has 0 spiro atoms. The molecule has 0 saturated carbocycles. The first-order valence-corrected chi connectivity index (χ1v) is 9.92.